The van der Waals surface area contributed by atoms with E-state index < -0.39 is 24.2 Å². The van der Waals surface area contributed by atoms with Gasteiger partial charge in [-0.3, -0.25) is 4.79 Å². The van der Waals surface area contributed by atoms with Crippen molar-refractivity contribution < 1.29 is 22.7 Å². The first-order valence-electron chi connectivity index (χ1n) is 7.15. The molecule has 0 saturated carbocycles. The molecule has 0 unspecified atom stereocenters. The molecule has 2 heterocycles. The van der Waals surface area contributed by atoms with E-state index in [4.69, 9.17) is 10.5 Å². The molecule has 1 aromatic carbocycles. The maximum absolute atomic E-state index is 13.4. The lowest BCUT2D eigenvalue weighted by Gasteiger charge is -2.34. The number of nitrogens with one attached hydrogen (secondary N) is 1. The van der Waals surface area contributed by atoms with Crippen molar-refractivity contribution in [2.75, 3.05) is 12.4 Å². The Balaban J connectivity index is 2.02. The molecule has 3 N–H and O–H groups in total. The highest BCUT2D eigenvalue weighted by atomic mass is 19.4. The third-order valence-corrected chi connectivity index (χ3v) is 4.02. The van der Waals surface area contributed by atoms with Crippen LogP contribution in [0, 0.1) is 0 Å². The van der Waals surface area contributed by atoms with Gasteiger partial charge in [0.15, 0.2) is 6.04 Å². The van der Waals surface area contributed by atoms with E-state index in [2.05, 4.69) is 10.4 Å². The van der Waals surface area contributed by atoms with Crippen LogP contribution in [-0.2, 0) is 0 Å². The summed E-state index contributed by atoms with van der Waals surface area (Å²) in [5.74, 6) is -0.248. The topological polar surface area (TPSA) is 82.2 Å². The Morgan fingerprint density at radius 1 is 1.38 bits per heavy atom. The van der Waals surface area contributed by atoms with Gasteiger partial charge in [0, 0.05) is 6.42 Å². The van der Waals surface area contributed by atoms with Crippen LogP contribution in [0.3, 0.4) is 0 Å². The van der Waals surface area contributed by atoms with Crippen molar-refractivity contribution >= 4 is 11.7 Å². The normalized spacial score (nSPS) is 20.2. The summed E-state index contributed by atoms with van der Waals surface area (Å²) in [7, 11) is 1.51. The highest BCUT2D eigenvalue weighted by molar-refractivity contribution is 5.97. The van der Waals surface area contributed by atoms with E-state index in [9.17, 15) is 18.0 Å². The number of alkyl halides is 3. The minimum Gasteiger partial charge on any atom is -0.497 e. The lowest BCUT2D eigenvalue weighted by atomic mass is 9.96. The third kappa shape index (κ3) is 2.77. The molecule has 0 spiro atoms. The van der Waals surface area contributed by atoms with Crippen LogP contribution in [0.2, 0.25) is 0 Å². The van der Waals surface area contributed by atoms with Crippen molar-refractivity contribution in [1.29, 1.82) is 0 Å². The number of nitrogens with zero attached hydrogens (tertiary/aromatic N) is 2. The number of amides is 1. The molecule has 2 atom stereocenters. The van der Waals surface area contributed by atoms with Crippen molar-refractivity contribution in [3.8, 4) is 5.75 Å². The van der Waals surface area contributed by atoms with Gasteiger partial charge in [-0.15, -0.1) is 0 Å². The Labute approximate surface area is 135 Å². The van der Waals surface area contributed by atoms with E-state index in [1.807, 2.05) is 0 Å². The van der Waals surface area contributed by atoms with Crippen molar-refractivity contribution in [3.05, 3.63) is 41.6 Å². The Bertz CT molecular complexity index is 755. The largest absolute Gasteiger partial charge is 0.497 e. The summed E-state index contributed by atoms with van der Waals surface area (Å²) in [6.45, 7) is 0. The Kier molecular flexibility index (Phi) is 3.86. The van der Waals surface area contributed by atoms with Crippen LogP contribution in [0.25, 0.3) is 0 Å². The van der Waals surface area contributed by atoms with E-state index in [-0.39, 0.29) is 17.8 Å². The fraction of sp³-hybridized carbons (Fsp3) is 0.333. The van der Waals surface area contributed by atoms with Gasteiger partial charge in [-0.2, -0.15) is 18.3 Å². The molecular formula is C15H15F3N4O2. The van der Waals surface area contributed by atoms with E-state index in [0.29, 0.717) is 11.3 Å². The molecule has 0 bridgehead atoms. The average molecular weight is 340 g/mol. The molecule has 0 aliphatic carbocycles. The standard InChI is InChI=1S/C15H15F3N4O2/c1-24-9-4-2-8(3-5-9)11-6-12(15(16,17)18)22-14(21-11)10(7-20-22)13(19)23/h2-5,7,11-12,21H,6H2,1H3,(H2,19,23)/t11-,12-/m1/s1. The number of carbonyl (C=O) groups excluding carboxylic acids is 1. The van der Waals surface area contributed by atoms with Gasteiger partial charge in [0.2, 0.25) is 0 Å². The number of aromatic nitrogens is 2. The molecule has 1 amide bonds. The summed E-state index contributed by atoms with van der Waals surface area (Å²) < 4.78 is 46.1. The summed E-state index contributed by atoms with van der Waals surface area (Å²) in [6, 6.07) is 4.22. The molecule has 6 nitrogen and oxygen atoms in total. The molecule has 2 aromatic rings. The number of ether oxygens (including phenoxy) is 1. The predicted octanol–water partition coefficient (Wildman–Crippen LogP) is 2.65. The molecule has 128 valence electrons. The molecule has 24 heavy (non-hydrogen) atoms. The second kappa shape index (κ2) is 5.73. The van der Waals surface area contributed by atoms with Crippen molar-refractivity contribution in [2.45, 2.75) is 24.7 Å². The molecule has 1 aliphatic heterocycles. The van der Waals surface area contributed by atoms with Crippen molar-refractivity contribution in [2.24, 2.45) is 5.73 Å². The number of anilines is 1. The van der Waals surface area contributed by atoms with Gasteiger partial charge in [-0.05, 0) is 17.7 Å². The zero-order valence-corrected chi connectivity index (χ0v) is 12.7. The Morgan fingerprint density at radius 3 is 2.58 bits per heavy atom. The summed E-state index contributed by atoms with van der Waals surface area (Å²) in [4.78, 5) is 11.4. The predicted molar refractivity (Wildman–Crippen MR) is 79.8 cm³/mol. The van der Waals surface area contributed by atoms with Crippen molar-refractivity contribution in [1.82, 2.24) is 9.78 Å². The van der Waals surface area contributed by atoms with E-state index in [1.54, 1.807) is 24.3 Å². The monoisotopic (exact) mass is 340 g/mol. The van der Waals surface area contributed by atoms with E-state index >= 15 is 0 Å². The van der Waals surface area contributed by atoms with Crippen LogP contribution < -0.4 is 15.8 Å². The number of halogens is 3. The van der Waals surface area contributed by atoms with Crippen LogP contribution in [0.1, 0.15) is 34.4 Å². The molecule has 0 saturated heterocycles. The molecule has 3 rings (SSSR count). The summed E-state index contributed by atoms with van der Waals surface area (Å²) in [5, 5.41) is 6.64. The first kappa shape index (κ1) is 16.2. The van der Waals surface area contributed by atoms with Crippen molar-refractivity contribution in [3.63, 3.8) is 0 Å². The number of nitrogens with two attached hydrogens (primary N) is 1. The van der Waals surface area contributed by atoms with Crippen LogP contribution in [0.5, 0.6) is 5.75 Å². The summed E-state index contributed by atoms with van der Waals surface area (Å²) in [5.41, 5.74) is 5.81. The minimum atomic E-state index is -4.50. The van der Waals surface area contributed by atoms with Crippen LogP contribution in [0.4, 0.5) is 19.0 Å². The van der Waals surface area contributed by atoms with Gasteiger partial charge in [0.1, 0.15) is 17.1 Å². The first-order valence-corrected chi connectivity index (χ1v) is 7.15. The number of carbonyl (C=O) groups is 1. The fourth-order valence-electron chi connectivity index (χ4n) is 2.80. The second-order valence-electron chi connectivity index (χ2n) is 5.48. The quantitative estimate of drug-likeness (QED) is 0.900. The highest BCUT2D eigenvalue weighted by Crippen LogP contribution is 2.44. The van der Waals surface area contributed by atoms with Crippen LogP contribution in [-0.4, -0.2) is 29.0 Å². The van der Waals surface area contributed by atoms with E-state index in [0.717, 1.165) is 10.9 Å². The first-order chi connectivity index (χ1) is 11.3. The molecule has 9 heteroatoms. The number of methoxy groups -OCH3 is 1. The maximum atomic E-state index is 13.4. The highest BCUT2D eigenvalue weighted by Gasteiger charge is 2.47. The SMILES string of the molecule is COc1ccc([C@H]2C[C@H](C(F)(F)F)n3ncc(C(N)=O)c3N2)cc1. The molecular weight excluding hydrogens is 325 g/mol. The number of fused-ring (bicyclic) bond motifs is 1. The van der Waals surface area contributed by atoms with E-state index in [1.165, 1.54) is 7.11 Å². The number of hydrogen-bond acceptors (Lipinski definition) is 4. The summed E-state index contributed by atoms with van der Waals surface area (Å²) >= 11 is 0. The summed E-state index contributed by atoms with van der Waals surface area (Å²) in [6.07, 6.45) is -3.69. The molecule has 0 fully saturated rings. The zero-order chi connectivity index (χ0) is 17.5. The fourth-order valence-corrected chi connectivity index (χ4v) is 2.80. The minimum absolute atomic E-state index is 0.0168. The number of primary amides is 1. The van der Waals surface area contributed by atoms with Gasteiger partial charge in [-0.1, -0.05) is 12.1 Å². The van der Waals surface area contributed by atoms with Gasteiger partial charge < -0.3 is 15.8 Å². The molecule has 1 aromatic heterocycles. The maximum Gasteiger partial charge on any atom is 0.410 e. The van der Waals surface area contributed by atoms with Crippen LogP contribution >= 0.6 is 0 Å². The van der Waals surface area contributed by atoms with Gasteiger partial charge in [-0.25, -0.2) is 4.68 Å². The molecule has 1 aliphatic rings. The number of hydrogen-bond donors (Lipinski definition) is 2. The average Bonchev–Trinajstić information content (AvgIpc) is 2.97. The van der Waals surface area contributed by atoms with Gasteiger partial charge in [0.25, 0.3) is 5.91 Å². The van der Waals surface area contributed by atoms with Gasteiger partial charge in [0.05, 0.1) is 19.3 Å². The number of benzene rings is 1. The third-order valence-electron chi connectivity index (χ3n) is 4.02. The molecule has 0 radical (unpaired) electrons. The number of rotatable bonds is 3. The zero-order valence-electron chi connectivity index (χ0n) is 12.7. The van der Waals surface area contributed by atoms with Crippen LogP contribution in [0.15, 0.2) is 30.5 Å². The lowest BCUT2D eigenvalue weighted by Crippen LogP contribution is -2.36. The Hall–Kier alpha value is -2.71. The lowest BCUT2D eigenvalue weighted by molar-refractivity contribution is -0.173. The van der Waals surface area contributed by atoms with Gasteiger partial charge >= 0.3 is 6.18 Å². The smallest absolute Gasteiger partial charge is 0.410 e. The second-order valence-corrected chi connectivity index (χ2v) is 5.48. The Morgan fingerprint density at radius 2 is 2.04 bits per heavy atom.